The number of nitrogens with one attached hydrogen (secondary N) is 1. The molecule has 102 valence electrons. The molecule has 0 heterocycles. The number of nitrogens with zero attached hydrogens (tertiary/aromatic N) is 1. The molecule has 0 aliphatic heterocycles. The van der Waals surface area contributed by atoms with Crippen molar-refractivity contribution in [1.82, 2.24) is 10.2 Å². The van der Waals surface area contributed by atoms with Crippen LogP contribution in [0, 0.1) is 5.41 Å². The summed E-state index contributed by atoms with van der Waals surface area (Å²) in [5.74, 6) is 0. The molecule has 2 nitrogen and oxygen atoms in total. The van der Waals surface area contributed by atoms with Gasteiger partial charge < -0.3 is 10.2 Å². The quantitative estimate of drug-likeness (QED) is 0.700. The van der Waals surface area contributed by atoms with Crippen molar-refractivity contribution >= 4 is 0 Å². The second kappa shape index (κ2) is 7.38. The van der Waals surface area contributed by atoms with Crippen molar-refractivity contribution in [2.45, 2.75) is 65.8 Å². The highest BCUT2D eigenvalue weighted by Crippen LogP contribution is 2.40. The lowest BCUT2D eigenvalue weighted by atomic mass is 9.83. The lowest BCUT2D eigenvalue weighted by molar-refractivity contribution is 0.227. The van der Waals surface area contributed by atoms with Gasteiger partial charge in [0.25, 0.3) is 0 Å². The van der Waals surface area contributed by atoms with E-state index in [1.807, 2.05) is 0 Å². The molecule has 1 rings (SSSR count). The molecule has 1 aliphatic carbocycles. The minimum Gasteiger partial charge on any atom is -0.312 e. The van der Waals surface area contributed by atoms with E-state index in [0.717, 1.165) is 0 Å². The molecule has 0 radical (unpaired) electrons. The van der Waals surface area contributed by atoms with Crippen molar-refractivity contribution in [3.8, 4) is 0 Å². The second-order valence-electron chi connectivity index (χ2n) is 5.83. The van der Waals surface area contributed by atoms with Gasteiger partial charge in [-0.3, -0.25) is 0 Å². The topological polar surface area (TPSA) is 15.3 Å². The van der Waals surface area contributed by atoms with Gasteiger partial charge in [0.05, 0.1) is 0 Å². The highest BCUT2D eigenvalue weighted by Gasteiger charge is 2.31. The summed E-state index contributed by atoms with van der Waals surface area (Å²) < 4.78 is 0. The molecule has 1 aliphatic rings. The summed E-state index contributed by atoms with van der Waals surface area (Å²) in [7, 11) is 0. The van der Waals surface area contributed by atoms with Gasteiger partial charge in [0, 0.05) is 19.1 Å². The predicted molar refractivity (Wildman–Crippen MR) is 76.4 cm³/mol. The summed E-state index contributed by atoms with van der Waals surface area (Å²) in [5.41, 5.74) is 0.623. The normalized spacial score (nSPS) is 21.0. The maximum absolute atomic E-state index is 3.77. The van der Waals surface area contributed by atoms with E-state index < -0.39 is 0 Å². The Kier molecular flexibility index (Phi) is 6.50. The molecule has 2 heteroatoms. The predicted octanol–water partition coefficient (Wildman–Crippen LogP) is 3.28. The average Bonchev–Trinajstić information content (AvgIpc) is 2.83. The zero-order chi connectivity index (χ0) is 12.7. The lowest BCUT2D eigenvalue weighted by Crippen LogP contribution is -2.43. The second-order valence-corrected chi connectivity index (χ2v) is 5.83. The standard InChI is InChI=1S/C15H32N2/c1-5-15(10-8-9-11-15)13-16-14(4)12-17(6-2)7-3/h14,16H,5-13H2,1-4H3. The van der Waals surface area contributed by atoms with Crippen molar-refractivity contribution in [2.75, 3.05) is 26.2 Å². The fraction of sp³-hybridized carbons (Fsp3) is 1.00. The van der Waals surface area contributed by atoms with Crippen molar-refractivity contribution in [3.63, 3.8) is 0 Å². The molecule has 0 saturated heterocycles. The molecule has 0 spiro atoms. The largest absolute Gasteiger partial charge is 0.312 e. The van der Waals surface area contributed by atoms with Crippen LogP contribution in [-0.2, 0) is 0 Å². The van der Waals surface area contributed by atoms with E-state index in [2.05, 4.69) is 37.9 Å². The van der Waals surface area contributed by atoms with E-state index in [9.17, 15) is 0 Å². The lowest BCUT2D eigenvalue weighted by Gasteiger charge is -2.31. The Bertz CT molecular complexity index is 193. The molecule has 0 aromatic heterocycles. The van der Waals surface area contributed by atoms with Gasteiger partial charge in [-0.2, -0.15) is 0 Å². The summed E-state index contributed by atoms with van der Waals surface area (Å²) in [6.07, 6.45) is 7.11. The molecular formula is C15H32N2. The van der Waals surface area contributed by atoms with Gasteiger partial charge in [-0.1, -0.05) is 33.6 Å². The van der Waals surface area contributed by atoms with Crippen molar-refractivity contribution in [1.29, 1.82) is 0 Å². The molecule has 1 saturated carbocycles. The first-order valence-electron chi connectivity index (χ1n) is 7.61. The third kappa shape index (κ3) is 4.59. The Hall–Kier alpha value is -0.0800. The maximum Gasteiger partial charge on any atom is 0.0166 e. The average molecular weight is 240 g/mol. The Morgan fingerprint density at radius 2 is 1.71 bits per heavy atom. The minimum atomic E-state index is 0.623. The molecule has 1 fully saturated rings. The fourth-order valence-corrected chi connectivity index (χ4v) is 3.10. The summed E-state index contributed by atoms with van der Waals surface area (Å²) in [4.78, 5) is 2.50. The monoisotopic (exact) mass is 240 g/mol. The smallest absolute Gasteiger partial charge is 0.0166 e. The third-order valence-corrected chi connectivity index (χ3v) is 4.67. The van der Waals surface area contributed by atoms with Gasteiger partial charge in [-0.15, -0.1) is 0 Å². The summed E-state index contributed by atoms with van der Waals surface area (Å²) >= 11 is 0. The number of likely N-dealkylation sites (N-methyl/N-ethyl adjacent to an activating group) is 1. The summed E-state index contributed by atoms with van der Waals surface area (Å²) in [6, 6.07) is 0.624. The molecule has 1 atom stereocenters. The van der Waals surface area contributed by atoms with Crippen LogP contribution >= 0.6 is 0 Å². The molecule has 0 aromatic carbocycles. The zero-order valence-corrected chi connectivity index (χ0v) is 12.4. The Balaban J connectivity index is 2.28. The molecule has 0 amide bonds. The van der Waals surface area contributed by atoms with Crippen LogP contribution in [0.1, 0.15) is 59.8 Å². The van der Waals surface area contributed by atoms with E-state index in [0.29, 0.717) is 11.5 Å². The van der Waals surface area contributed by atoms with Crippen molar-refractivity contribution in [3.05, 3.63) is 0 Å². The van der Waals surface area contributed by atoms with Crippen LogP contribution < -0.4 is 5.32 Å². The van der Waals surface area contributed by atoms with Gasteiger partial charge in [0.15, 0.2) is 0 Å². The van der Waals surface area contributed by atoms with Crippen LogP contribution in [0.4, 0.5) is 0 Å². The van der Waals surface area contributed by atoms with Crippen LogP contribution in [0.25, 0.3) is 0 Å². The maximum atomic E-state index is 3.77. The van der Waals surface area contributed by atoms with Gasteiger partial charge in [-0.25, -0.2) is 0 Å². The number of hydrogen-bond donors (Lipinski definition) is 1. The molecule has 0 bridgehead atoms. The van der Waals surface area contributed by atoms with E-state index in [-0.39, 0.29) is 0 Å². The van der Waals surface area contributed by atoms with Crippen LogP contribution in [-0.4, -0.2) is 37.1 Å². The number of rotatable bonds is 8. The van der Waals surface area contributed by atoms with Crippen LogP contribution in [0.2, 0.25) is 0 Å². The molecule has 1 N–H and O–H groups in total. The first kappa shape index (κ1) is 15.0. The SMILES string of the molecule is CCN(CC)CC(C)NCC1(CC)CCCC1. The highest BCUT2D eigenvalue weighted by molar-refractivity contribution is 4.86. The van der Waals surface area contributed by atoms with E-state index in [1.54, 1.807) is 0 Å². The Morgan fingerprint density at radius 3 is 2.18 bits per heavy atom. The van der Waals surface area contributed by atoms with Gasteiger partial charge in [0.2, 0.25) is 0 Å². The van der Waals surface area contributed by atoms with Crippen LogP contribution in [0.5, 0.6) is 0 Å². The van der Waals surface area contributed by atoms with Gasteiger partial charge in [-0.05, 0) is 44.7 Å². The Morgan fingerprint density at radius 1 is 1.12 bits per heavy atom. The van der Waals surface area contributed by atoms with Crippen LogP contribution in [0.15, 0.2) is 0 Å². The minimum absolute atomic E-state index is 0.623. The van der Waals surface area contributed by atoms with Gasteiger partial charge >= 0.3 is 0 Å². The fourth-order valence-electron chi connectivity index (χ4n) is 3.10. The molecule has 1 unspecified atom stereocenters. The van der Waals surface area contributed by atoms with Crippen LogP contribution in [0.3, 0.4) is 0 Å². The highest BCUT2D eigenvalue weighted by atomic mass is 15.1. The zero-order valence-electron chi connectivity index (χ0n) is 12.4. The first-order valence-corrected chi connectivity index (χ1v) is 7.61. The van der Waals surface area contributed by atoms with E-state index in [1.165, 1.54) is 58.3 Å². The van der Waals surface area contributed by atoms with E-state index >= 15 is 0 Å². The van der Waals surface area contributed by atoms with E-state index in [4.69, 9.17) is 0 Å². The number of hydrogen-bond acceptors (Lipinski definition) is 2. The molecule has 0 aromatic rings. The summed E-state index contributed by atoms with van der Waals surface area (Å²) in [5, 5.41) is 3.77. The Labute approximate surface area is 108 Å². The molecule has 17 heavy (non-hydrogen) atoms. The first-order chi connectivity index (χ1) is 8.15. The third-order valence-electron chi connectivity index (χ3n) is 4.67. The molecular weight excluding hydrogens is 208 g/mol. The summed E-state index contributed by atoms with van der Waals surface area (Å²) in [6.45, 7) is 13.9. The van der Waals surface area contributed by atoms with Crippen molar-refractivity contribution < 1.29 is 0 Å². The van der Waals surface area contributed by atoms with Gasteiger partial charge in [0.1, 0.15) is 0 Å². The van der Waals surface area contributed by atoms with Crippen molar-refractivity contribution in [2.24, 2.45) is 5.41 Å².